The highest BCUT2D eigenvalue weighted by Crippen LogP contribution is 2.36. The Morgan fingerprint density at radius 2 is 1.63 bits per heavy atom. The van der Waals surface area contributed by atoms with Gasteiger partial charge in [-0.05, 0) is 35.9 Å². The van der Waals surface area contributed by atoms with Crippen molar-refractivity contribution in [1.29, 1.82) is 0 Å². The molecule has 1 aliphatic heterocycles. The van der Waals surface area contributed by atoms with Gasteiger partial charge < -0.3 is 10.6 Å². The number of benzene rings is 3. The Morgan fingerprint density at radius 1 is 0.926 bits per heavy atom. The predicted octanol–water partition coefficient (Wildman–Crippen LogP) is 4.90. The maximum Gasteiger partial charge on any atom is 0.232 e. The van der Waals surface area contributed by atoms with Crippen LogP contribution in [0.2, 0.25) is 0 Å². The van der Waals surface area contributed by atoms with E-state index in [0.29, 0.717) is 5.69 Å². The minimum Gasteiger partial charge on any atom is -0.326 e. The summed E-state index contributed by atoms with van der Waals surface area (Å²) in [7, 11) is 0. The molecular formula is C22H18N2O2S. The Balaban J connectivity index is 1.58. The van der Waals surface area contributed by atoms with E-state index in [9.17, 15) is 9.59 Å². The van der Waals surface area contributed by atoms with Crippen molar-refractivity contribution in [3.8, 4) is 0 Å². The quantitative estimate of drug-likeness (QED) is 0.683. The van der Waals surface area contributed by atoms with E-state index in [2.05, 4.69) is 10.6 Å². The molecule has 0 saturated carbocycles. The second-order valence-electron chi connectivity index (χ2n) is 6.29. The fraction of sp³-hybridized carbons (Fsp3) is 0.0909. The summed E-state index contributed by atoms with van der Waals surface area (Å²) in [5.74, 6) is -0.802. The molecule has 134 valence electrons. The van der Waals surface area contributed by atoms with E-state index in [0.717, 1.165) is 21.0 Å². The van der Waals surface area contributed by atoms with Crippen molar-refractivity contribution in [1.82, 2.24) is 0 Å². The lowest BCUT2D eigenvalue weighted by Gasteiger charge is -2.25. The lowest BCUT2D eigenvalue weighted by Crippen LogP contribution is -2.30. The van der Waals surface area contributed by atoms with E-state index in [-0.39, 0.29) is 18.2 Å². The SMILES string of the molecule is O=C1CC(C(=O)Nc2ccccc2Sc2ccccc2)c2ccccc2N1. The zero-order chi connectivity index (χ0) is 18.6. The van der Waals surface area contributed by atoms with Crippen LogP contribution in [0.3, 0.4) is 0 Å². The number of hydrogen-bond donors (Lipinski definition) is 2. The molecule has 0 saturated heterocycles. The van der Waals surface area contributed by atoms with Crippen molar-refractivity contribution in [3.63, 3.8) is 0 Å². The van der Waals surface area contributed by atoms with Crippen LogP contribution < -0.4 is 10.6 Å². The van der Waals surface area contributed by atoms with Gasteiger partial charge in [0, 0.05) is 21.9 Å². The summed E-state index contributed by atoms with van der Waals surface area (Å²) in [5, 5.41) is 5.85. The molecule has 3 aromatic carbocycles. The van der Waals surface area contributed by atoms with Crippen LogP contribution in [0.4, 0.5) is 11.4 Å². The molecule has 27 heavy (non-hydrogen) atoms. The van der Waals surface area contributed by atoms with E-state index in [1.165, 1.54) is 0 Å². The molecule has 1 heterocycles. The smallest absolute Gasteiger partial charge is 0.232 e. The second kappa shape index (κ2) is 7.68. The summed E-state index contributed by atoms with van der Waals surface area (Å²) in [6.07, 6.45) is 0.150. The predicted molar refractivity (Wildman–Crippen MR) is 108 cm³/mol. The standard InChI is InChI=1S/C22H18N2O2S/c25-21-14-17(16-10-4-5-11-18(16)23-21)22(26)24-19-12-6-7-13-20(19)27-15-8-2-1-3-9-15/h1-13,17H,14H2,(H,23,25)(H,24,26). The monoisotopic (exact) mass is 374 g/mol. The van der Waals surface area contributed by atoms with Crippen molar-refractivity contribution in [2.75, 3.05) is 10.6 Å². The van der Waals surface area contributed by atoms with Gasteiger partial charge in [-0.25, -0.2) is 0 Å². The second-order valence-corrected chi connectivity index (χ2v) is 7.41. The number of anilines is 2. The highest BCUT2D eigenvalue weighted by molar-refractivity contribution is 7.99. The summed E-state index contributed by atoms with van der Waals surface area (Å²) >= 11 is 1.60. The fourth-order valence-electron chi connectivity index (χ4n) is 3.14. The van der Waals surface area contributed by atoms with Crippen LogP contribution in [0.5, 0.6) is 0 Å². The number of hydrogen-bond acceptors (Lipinski definition) is 3. The molecule has 0 aromatic heterocycles. The molecule has 2 amide bonds. The number of carbonyl (C=O) groups is 2. The van der Waals surface area contributed by atoms with Crippen molar-refractivity contribution in [3.05, 3.63) is 84.4 Å². The highest BCUT2D eigenvalue weighted by atomic mass is 32.2. The van der Waals surface area contributed by atoms with Gasteiger partial charge in [0.05, 0.1) is 11.6 Å². The van der Waals surface area contributed by atoms with Crippen LogP contribution in [-0.4, -0.2) is 11.8 Å². The van der Waals surface area contributed by atoms with Gasteiger partial charge in [-0.2, -0.15) is 0 Å². The molecule has 3 aromatic rings. The normalized spacial score (nSPS) is 15.6. The molecule has 4 nitrogen and oxygen atoms in total. The lowest BCUT2D eigenvalue weighted by atomic mass is 9.90. The van der Waals surface area contributed by atoms with Crippen molar-refractivity contribution >= 4 is 35.0 Å². The molecular weight excluding hydrogens is 356 g/mol. The van der Waals surface area contributed by atoms with Crippen LogP contribution in [-0.2, 0) is 9.59 Å². The van der Waals surface area contributed by atoms with Crippen molar-refractivity contribution in [2.24, 2.45) is 0 Å². The number of fused-ring (bicyclic) bond motifs is 1. The number of carbonyl (C=O) groups excluding carboxylic acids is 2. The third-order valence-electron chi connectivity index (χ3n) is 4.43. The minimum absolute atomic E-state index is 0.138. The molecule has 0 aliphatic carbocycles. The van der Waals surface area contributed by atoms with Gasteiger partial charge in [-0.15, -0.1) is 0 Å². The third kappa shape index (κ3) is 3.88. The Kier molecular flexibility index (Phi) is 4.94. The zero-order valence-electron chi connectivity index (χ0n) is 14.5. The van der Waals surface area contributed by atoms with E-state index >= 15 is 0 Å². The Bertz CT molecular complexity index is 988. The largest absolute Gasteiger partial charge is 0.326 e. The summed E-state index contributed by atoms with van der Waals surface area (Å²) < 4.78 is 0. The van der Waals surface area contributed by atoms with Gasteiger partial charge in [-0.1, -0.05) is 60.3 Å². The van der Waals surface area contributed by atoms with Crippen LogP contribution in [0.15, 0.2) is 88.7 Å². The number of amides is 2. The maximum absolute atomic E-state index is 13.0. The summed E-state index contributed by atoms with van der Waals surface area (Å²) in [6.45, 7) is 0. The first kappa shape index (κ1) is 17.4. The van der Waals surface area contributed by atoms with Gasteiger partial charge in [0.2, 0.25) is 11.8 Å². The molecule has 0 spiro atoms. The van der Waals surface area contributed by atoms with Gasteiger partial charge in [0.1, 0.15) is 0 Å². The minimum atomic E-state index is -0.496. The first-order valence-electron chi connectivity index (χ1n) is 8.72. The Labute approximate surface area is 162 Å². The molecule has 1 aliphatic rings. The van der Waals surface area contributed by atoms with E-state index < -0.39 is 5.92 Å². The zero-order valence-corrected chi connectivity index (χ0v) is 15.3. The van der Waals surface area contributed by atoms with E-state index in [4.69, 9.17) is 0 Å². The summed E-state index contributed by atoms with van der Waals surface area (Å²) in [4.78, 5) is 27.0. The highest BCUT2D eigenvalue weighted by Gasteiger charge is 2.30. The van der Waals surface area contributed by atoms with Crippen LogP contribution in [0, 0.1) is 0 Å². The average Bonchev–Trinajstić information content (AvgIpc) is 2.69. The topological polar surface area (TPSA) is 58.2 Å². The molecule has 0 bridgehead atoms. The first-order valence-corrected chi connectivity index (χ1v) is 9.54. The van der Waals surface area contributed by atoms with Crippen molar-refractivity contribution < 1.29 is 9.59 Å². The summed E-state index contributed by atoms with van der Waals surface area (Å²) in [6, 6.07) is 25.2. The van der Waals surface area contributed by atoms with Gasteiger partial charge in [-0.3, -0.25) is 9.59 Å². The Hall–Kier alpha value is -3.05. The van der Waals surface area contributed by atoms with Crippen LogP contribution in [0.25, 0.3) is 0 Å². The Morgan fingerprint density at radius 3 is 2.48 bits per heavy atom. The molecule has 5 heteroatoms. The lowest BCUT2D eigenvalue weighted by molar-refractivity contribution is -0.123. The molecule has 0 radical (unpaired) electrons. The molecule has 2 N–H and O–H groups in total. The molecule has 1 atom stereocenters. The summed E-state index contributed by atoms with van der Waals surface area (Å²) in [5.41, 5.74) is 2.31. The van der Waals surface area contributed by atoms with Gasteiger partial charge in [0.25, 0.3) is 0 Å². The molecule has 1 unspecified atom stereocenters. The van der Waals surface area contributed by atoms with Crippen LogP contribution in [0.1, 0.15) is 17.9 Å². The number of para-hydroxylation sites is 2. The van der Waals surface area contributed by atoms with Crippen molar-refractivity contribution in [2.45, 2.75) is 22.1 Å². The third-order valence-corrected chi connectivity index (χ3v) is 5.52. The number of nitrogens with one attached hydrogen (secondary N) is 2. The first-order chi connectivity index (χ1) is 13.2. The average molecular weight is 374 g/mol. The molecule has 0 fully saturated rings. The number of rotatable bonds is 4. The van der Waals surface area contributed by atoms with Gasteiger partial charge in [0.15, 0.2) is 0 Å². The van der Waals surface area contributed by atoms with Crippen LogP contribution >= 0.6 is 11.8 Å². The molecule has 4 rings (SSSR count). The fourth-order valence-corrected chi connectivity index (χ4v) is 4.06. The maximum atomic E-state index is 13.0. The van der Waals surface area contributed by atoms with E-state index in [1.54, 1.807) is 11.8 Å². The van der Waals surface area contributed by atoms with E-state index in [1.807, 2.05) is 78.9 Å². The van der Waals surface area contributed by atoms with Gasteiger partial charge >= 0.3 is 0 Å².